The number of nitrogens with two attached hydrogens (primary N) is 1. The molecule has 7 nitrogen and oxygen atoms in total. The third kappa shape index (κ3) is 5.93. The third-order valence-corrected chi connectivity index (χ3v) is 5.78. The largest absolute Gasteiger partial charge is 0.383 e. The van der Waals surface area contributed by atoms with Crippen molar-refractivity contribution in [1.82, 2.24) is 10.0 Å². The lowest BCUT2D eigenvalue weighted by Crippen LogP contribution is -2.39. The number of rotatable bonds is 8. The summed E-state index contributed by atoms with van der Waals surface area (Å²) in [6.07, 6.45) is 3.03. The number of nitrogens with one attached hydrogen (secondary N) is 2. The van der Waals surface area contributed by atoms with Crippen LogP contribution in [-0.2, 0) is 14.8 Å². The van der Waals surface area contributed by atoms with Gasteiger partial charge in [0.1, 0.15) is 0 Å². The molecule has 1 amide bonds. The fourth-order valence-electron chi connectivity index (χ4n) is 2.91. The number of ether oxygens (including phenoxy) is 1. The van der Waals surface area contributed by atoms with Crippen LogP contribution in [0.15, 0.2) is 29.2 Å². The van der Waals surface area contributed by atoms with Crippen molar-refractivity contribution in [3.63, 3.8) is 0 Å². The van der Waals surface area contributed by atoms with E-state index in [1.54, 1.807) is 0 Å². The van der Waals surface area contributed by atoms with Crippen molar-refractivity contribution < 1.29 is 17.9 Å². The molecular weight excluding hydrogens is 366 g/mol. The second-order valence-electron chi connectivity index (χ2n) is 5.92. The molecular formula is C16H26ClN3O4S. The Morgan fingerprint density at radius 3 is 2.56 bits per heavy atom. The number of benzene rings is 1. The van der Waals surface area contributed by atoms with Crippen LogP contribution in [0.5, 0.6) is 0 Å². The number of methoxy groups -OCH3 is 1. The van der Waals surface area contributed by atoms with Gasteiger partial charge in [0.25, 0.3) is 5.91 Å². The molecule has 0 radical (unpaired) electrons. The SMILES string of the molecule is COCCNS(=O)(=O)c1ccc(C(=O)NC2CCCC2CN)cc1.Cl. The zero-order valence-electron chi connectivity index (χ0n) is 14.2. The maximum absolute atomic E-state index is 12.3. The van der Waals surface area contributed by atoms with Gasteiger partial charge in [-0.2, -0.15) is 0 Å². The molecule has 142 valence electrons. The molecule has 1 aromatic rings. The maximum Gasteiger partial charge on any atom is 0.251 e. The highest BCUT2D eigenvalue weighted by molar-refractivity contribution is 7.89. The molecule has 0 saturated heterocycles. The molecule has 0 aliphatic heterocycles. The number of hydrogen-bond donors (Lipinski definition) is 3. The lowest BCUT2D eigenvalue weighted by Gasteiger charge is -2.19. The molecule has 4 N–H and O–H groups in total. The fraction of sp³-hybridized carbons (Fsp3) is 0.562. The van der Waals surface area contributed by atoms with Crippen LogP contribution in [0.2, 0.25) is 0 Å². The van der Waals surface area contributed by atoms with E-state index in [9.17, 15) is 13.2 Å². The van der Waals surface area contributed by atoms with E-state index >= 15 is 0 Å². The summed E-state index contributed by atoms with van der Waals surface area (Å²) in [5.41, 5.74) is 6.16. The highest BCUT2D eigenvalue weighted by atomic mass is 35.5. The Hall–Kier alpha value is -1.19. The van der Waals surface area contributed by atoms with E-state index < -0.39 is 10.0 Å². The van der Waals surface area contributed by atoms with Crippen LogP contribution in [0.3, 0.4) is 0 Å². The zero-order chi connectivity index (χ0) is 17.6. The standard InChI is InChI=1S/C16H25N3O4S.ClH/c1-23-10-9-18-24(21,22)14-7-5-12(6-8-14)16(20)19-15-4-2-3-13(15)11-17;/h5-8,13,15,18H,2-4,9-11,17H2,1H3,(H,19,20);1H. The summed E-state index contributed by atoms with van der Waals surface area (Å²) in [7, 11) is -2.09. The molecule has 0 spiro atoms. The van der Waals surface area contributed by atoms with Gasteiger partial charge in [0.05, 0.1) is 11.5 Å². The number of sulfonamides is 1. The molecule has 1 aromatic carbocycles. The quantitative estimate of drug-likeness (QED) is 0.570. The van der Waals surface area contributed by atoms with E-state index in [4.69, 9.17) is 10.5 Å². The van der Waals surface area contributed by atoms with Crippen LogP contribution < -0.4 is 15.8 Å². The summed E-state index contributed by atoms with van der Waals surface area (Å²) in [6.45, 7) is 1.06. The lowest BCUT2D eigenvalue weighted by atomic mass is 10.0. The molecule has 2 rings (SSSR count). The topological polar surface area (TPSA) is 111 Å². The van der Waals surface area contributed by atoms with Gasteiger partial charge in [0.2, 0.25) is 10.0 Å². The van der Waals surface area contributed by atoms with Crippen LogP contribution in [0.1, 0.15) is 29.6 Å². The minimum absolute atomic E-state index is 0. The Balaban J connectivity index is 0.00000312. The van der Waals surface area contributed by atoms with Crippen molar-refractivity contribution in [3.8, 4) is 0 Å². The Bertz CT molecular complexity index is 652. The Morgan fingerprint density at radius 2 is 1.96 bits per heavy atom. The van der Waals surface area contributed by atoms with Crippen molar-refractivity contribution in [2.45, 2.75) is 30.2 Å². The fourth-order valence-corrected chi connectivity index (χ4v) is 3.92. The van der Waals surface area contributed by atoms with Crippen LogP contribution in [0.25, 0.3) is 0 Å². The summed E-state index contributed by atoms with van der Waals surface area (Å²) in [6, 6.07) is 6.00. The van der Waals surface area contributed by atoms with Gasteiger partial charge in [-0.1, -0.05) is 6.42 Å². The summed E-state index contributed by atoms with van der Waals surface area (Å²) >= 11 is 0. The molecule has 2 unspecified atom stereocenters. The first-order chi connectivity index (χ1) is 11.5. The van der Waals surface area contributed by atoms with Crippen molar-refractivity contribution in [3.05, 3.63) is 29.8 Å². The van der Waals surface area contributed by atoms with Gasteiger partial charge >= 0.3 is 0 Å². The molecule has 0 aromatic heterocycles. The number of halogens is 1. The van der Waals surface area contributed by atoms with E-state index in [0.717, 1.165) is 19.3 Å². The number of amides is 1. The van der Waals surface area contributed by atoms with E-state index in [-0.39, 0.29) is 35.8 Å². The predicted octanol–water partition coefficient (Wildman–Crippen LogP) is 0.890. The van der Waals surface area contributed by atoms with E-state index in [1.165, 1.54) is 31.4 Å². The Morgan fingerprint density at radius 1 is 1.28 bits per heavy atom. The van der Waals surface area contributed by atoms with E-state index in [1.807, 2.05) is 0 Å². The van der Waals surface area contributed by atoms with Crippen molar-refractivity contribution in [2.75, 3.05) is 26.8 Å². The van der Waals surface area contributed by atoms with E-state index in [2.05, 4.69) is 10.0 Å². The van der Waals surface area contributed by atoms with Gasteiger partial charge in [-0.3, -0.25) is 4.79 Å². The summed E-state index contributed by atoms with van der Waals surface area (Å²) in [5, 5.41) is 3.00. The number of carbonyl (C=O) groups excluding carboxylic acids is 1. The molecule has 0 heterocycles. The Kier molecular flexibility index (Phi) is 8.81. The second kappa shape index (κ2) is 10.1. The first-order valence-corrected chi connectivity index (χ1v) is 9.56. The Labute approximate surface area is 155 Å². The summed E-state index contributed by atoms with van der Waals surface area (Å²) < 4.78 is 31.4. The molecule has 2 atom stereocenters. The summed E-state index contributed by atoms with van der Waals surface area (Å²) in [5.74, 6) is 0.121. The monoisotopic (exact) mass is 391 g/mol. The van der Waals surface area contributed by atoms with Gasteiger partial charge < -0.3 is 15.8 Å². The van der Waals surface area contributed by atoms with Crippen molar-refractivity contribution in [2.24, 2.45) is 11.7 Å². The van der Waals surface area contributed by atoms with Crippen LogP contribution >= 0.6 is 12.4 Å². The summed E-state index contributed by atoms with van der Waals surface area (Å²) in [4.78, 5) is 12.4. The molecule has 1 aliphatic rings. The van der Waals surface area contributed by atoms with Gasteiger partial charge in [0.15, 0.2) is 0 Å². The minimum Gasteiger partial charge on any atom is -0.383 e. The number of hydrogen-bond acceptors (Lipinski definition) is 5. The van der Waals surface area contributed by atoms with Crippen molar-refractivity contribution in [1.29, 1.82) is 0 Å². The van der Waals surface area contributed by atoms with Crippen LogP contribution in [0, 0.1) is 5.92 Å². The predicted molar refractivity (Wildman–Crippen MR) is 98.4 cm³/mol. The average molecular weight is 392 g/mol. The van der Waals surface area contributed by atoms with Gasteiger partial charge in [-0.15, -0.1) is 12.4 Å². The molecule has 1 saturated carbocycles. The van der Waals surface area contributed by atoms with E-state index in [0.29, 0.717) is 24.6 Å². The van der Waals surface area contributed by atoms with Crippen molar-refractivity contribution >= 4 is 28.3 Å². The van der Waals surface area contributed by atoms with Crippen LogP contribution in [-0.4, -0.2) is 47.2 Å². The normalized spacial score (nSPS) is 20.1. The second-order valence-corrected chi connectivity index (χ2v) is 7.69. The minimum atomic E-state index is -3.59. The molecule has 0 bridgehead atoms. The third-order valence-electron chi connectivity index (χ3n) is 4.30. The highest BCUT2D eigenvalue weighted by Gasteiger charge is 2.27. The first kappa shape index (κ1) is 21.9. The van der Waals surface area contributed by atoms with Gasteiger partial charge in [-0.25, -0.2) is 13.1 Å². The molecule has 9 heteroatoms. The van der Waals surface area contributed by atoms with Gasteiger partial charge in [0, 0.05) is 25.3 Å². The highest BCUT2D eigenvalue weighted by Crippen LogP contribution is 2.25. The maximum atomic E-state index is 12.3. The molecule has 1 fully saturated rings. The molecule has 25 heavy (non-hydrogen) atoms. The zero-order valence-corrected chi connectivity index (χ0v) is 15.9. The van der Waals surface area contributed by atoms with Crippen LogP contribution in [0.4, 0.5) is 0 Å². The van der Waals surface area contributed by atoms with Gasteiger partial charge in [-0.05, 0) is 49.6 Å². The number of carbonyl (C=O) groups is 1. The smallest absolute Gasteiger partial charge is 0.251 e. The average Bonchev–Trinajstić information content (AvgIpc) is 3.02. The first-order valence-electron chi connectivity index (χ1n) is 8.07. The molecule has 1 aliphatic carbocycles. The lowest BCUT2D eigenvalue weighted by molar-refractivity contribution is 0.0928.